The molecule has 0 aliphatic rings. The molecule has 1 rings (SSSR count). The lowest BCUT2D eigenvalue weighted by molar-refractivity contribution is 0.0930. The lowest BCUT2D eigenvalue weighted by atomic mass is 9.92. The molecule has 0 saturated carbocycles. The van der Waals surface area contributed by atoms with Gasteiger partial charge in [0.1, 0.15) is 0 Å². The van der Waals surface area contributed by atoms with Crippen molar-refractivity contribution in [2.75, 3.05) is 7.11 Å². The van der Waals surface area contributed by atoms with E-state index in [9.17, 15) is 9.18 Å². The van der Waals surface area contributed by atoms with Crippen LogP contribution in [0.2, 0.25) is 0 Å². The van der Waals surface area contributed by atoms with Gasteiger partial charge < -0.3 is 10.5 Å². The zero-order valence-corrected chi connectivity index (χ0v) is 10.4. The Morgan fingerprint density at radius 3 is 2.71 bits per heavy atom. The second kappa shape index (κ2) is 5.77. The molecule has 2 unspecified atom stereocenters. The number of Topliss-reactive ketones (excluding diaryl/α,β-unsaturated/α-hetero) is 1. The molecule has 94 valence electrons. The predicted molar refractivity (Wildman–Crippen MR) is 64.7 cm³/mol. The maximum atomic E-state index is 13.8. The van der Waals surface area contributed by atoms with E-state index in [-0.39, 0.29) is 23.0 Å². The normalized spacial score (nSPS) is 14.2. The summed E-state index contributed by atoms with van der Waals surface area (Å²) in [7, 11) is 1.36. The number of halogens is 1. The van der Waals surface area contributed by atoms with Gasteiger partial charge in [-0.15, -0.1) is 0 Å². The zero-order valence-electron chi connectivity index (χ0n) is 10.4. The fourth-order valence-electron chi connectivity index (χ4n) is 1.55. The van der Waals surface area contributed by atoms with Crippen molar-refractivity contribution >= 4 is 5.78 Å². The molecule has 0 aliphatic carbocycles. The Morgan fingerprint density at radius 2 is 2.18 bits per heavy atom. The van der Waals surface area contributed by atoms with E-state index in [1.165, 1.54) is 19.2 Å². The number of methoxy groups -OCH3 is 1. The summed E-state index contributed by atoms with van der Waals surface area (Å²) in [6.07, 6.45) is 0.776. The number of hydrogen-bond donors (Lipinski definition) is 1. The minimum atomic E-state index is -0.679. The number of ketones is 1. The van der Waals surface area contributed by atoms with Crippen LogP contribution in [0.25, 0.3) is 0 Å². The second-order valence-corrected chi connectivity index (χ2v) is 4.10. The standard InChI is InChI=1S/C13H18FNO2/c1-4-8(2)12(15)13(16)9-6-5-7-10(17-3)11(9)14/h5-8,12H,4,15H2,1-3H3. The van der Waals surface area contributed by atoms with Crippen LogP contribution in [0.3, 0.4) is 0 Å². The molecule has 4 heteroatoms. The molecule has 0 fully saturated rings. The van der Waals surface area contributed by atoms with Crippen molar-refractivity contribution < 1.29 is 13.9 Å². The van der Waals surface area contributed by atoms with Gasteiger partial charge in [-0.25, -0.2) is 4.39 Å². The van der Waals surface area contributed by atoms with Gasteiger partial charge in [0, 0.05) is 0 Å². The Morgan fingerprint density at radius 1 is 1.53 bits per heavy atom. The van der Waals surface area contributed by atoms with Gasteiger partial charge in [0.05, 0.1) is 18.7 Å². The first-order valence-electron chi connectivity index (χ1n) is 5.65. The number of hydrogen-bond acceptors (Lipinski definition) is 3. The number of carbonyl (C=O) groups is 1. The highest BCUT2D eigenvalue weighted by Gasteiger charge is 2.24. The summed E-state index contributed by atoms with van der Waals surface area (Å²) in [4.78, 5) is 12.0. The van der Waals surface area contributed by atoms with E-state index in [4.69, 9.17) is 10.5 Å². The Kier molecular flexibility index (Phi) is 4.63. The highest BCUT2D eigenvalue weighted by Crippen LogP contribution is 2.22. The van der Waals surface area contributed by atoms with E-state index in [1.54, 1.807) is 6.07 Å². The third-order valence-electron chi connectivity index (χ3n) is 3.01. The summed E-state index contributed by atoms with van der Waals surface area (Å²) >= 11 is 0. The molecule has 3 nitrogen and oxygen atoms in total. The fourth-order valence-corrected chi connectivity index (χ4v) is 1.55. The first-order chi connectivity index (χ1) is 8.02. The number of nitrogens with two attached hydrogens (primary N) is 1. The van der Waals surface area contributed by atoms with Crippen LogP contribution in [0.15, 0.2) is 18.2 Å². The van der Waals surface area contributed by atoms with E-state index < -0.39 is 11.9 Å². The summed E-state index contributed by atoms with van der Waals surface area (Å²) in [5.74, 6) is -0.935. The molecule has 0 spiro atoms. The van der Waals surface area contributed by atoms with Crippen LogP contribution in [0.1, 0.15) is 30.6 Å². The summed E-state index contributed by atoms with van der Waals surface area (Å²) in [6.45, 7) is 3.82. The van der Waals surface area contributed by atoms with Gasteiger partial charge in [0.2, 0.25) is 0 Å². The van der Waals surface area contributed by atoms with Gasteiger partial charge in [-0.1, -0.05) is 26.3 Å². The lowest BCUT2D eigenvalue weighted by Crippen LogP contribution is -2.37. The van der Waals surface area contributed by atoms with E-state index in [1.807, 2.05) is 13.8 Å². The van der Waals surface area contributed by atoms with E-state index in [0.29, 0.717) is 0 Å². The number of carbonyl (C=O) groups excluding carboxylic acids is 1. The van der Waals surface area contributed by atoms with Crippen molar-refractivity contribution in [2.24, 2.45) is 11.7 Å². The van der Waals surface area contributed by atoms with Crippen LogP contribution in [-0.4, -0.2) is 18.9 Å². The molecular formula is C13H18FNO2. The molecule has 2 atom stereocenters. The molecule has 0 radical (unpaired) electrons. The molecule has 1 aromatic rings. The minimum Gasteiger partial charge on any atom is -0.494 e. The van der Waals surface area contributed by atoms with Gasteiger partial charge in [0.15, 0.2) is 17.3 Å². The maximum absolute atomic E-state index is 13.8. The molecule has 0 saturated heterocycles. The summed E-state index contributed by atoms with van der Waals surface area (Å²) < 4.78 is 18.7. The Balaban J connectivity index is 3.04. The van der Waals surface area contributed by atoms with Crippen molar-refractivity contribution in [2.45, 2.75) is 26.3 Å². The van der Waals surface area contributed by atoms with Crippen molar-refractivity contribution in [1.29, 1.82) is 0 Å². The number of benzene rings is 1. The highest BCUT2D eigenvalue weighted by atomic mass is 19.1. The second-order valence-electron chi connectivity index (χ2n) is 4.10. The monoisotopic (exact) mass is 239 g/mol. The van der Waals surface area contributed by atoms with E-state index in [2.05, 4.69) is 0 Å². The van der Waals surface area contributed by atoms with Gasteiger partial charge in [-0.05, 0) is 18.1 Å². The Hall–Kier alpha value is -1.42. The first-order valence-corrected chi connectivity index (χ1v) is 5.65. The van der Waals surface area contributed by atoms with Crippen LogP contribution < -0.4 is 10.5 Å². The van der Waals surface area contributed by atoms with Crippen LogP contribution in [0.4, 0.5) is 4.39 Å². The largest absolute Gasteiger partial charge is 0.494 e. The van der Waals surface area contributed by atoms with Gasteiger partial charge in [-0.2, -0.15) is 0 Å². The fraction of sp³-hybridized carbons (Fsp3) is 0.462. The van der Waals surface area contributed by atoms with Crippen molar-refractivity contribution in [1.82, 2.24) is 0 Å². The quantitative estimate of drug-likeness (QED) is 0.803. The summed E-state index contributed by atoms with van der Waals surface area (Å²) in [5, 5.41) is 0. The molecule has 1 aromatic carbocycles. The molecule has 17 heavy (non-hydrogen) atoms. The van der Waals surface area contributed by atoms with Crippen molar-refractivity contribution in [3.63, 3.8) is 0 Å². The minimum absolute atomic E-state index is 0.00264. The zero-order chi connectivity index (χ0) is 13.0. The smallest absolute Gasteiger partial charge is 0.182 e. The van der Waals surface area contributed by atoms with E-state index in [0.717, 1.165) is 6.42 Å². The third kappa shape index (κ3) is 2.82. The third-order valence-corrected chi connectivity index (χ3v) is 3.01. The SMILES string of the molecule is CCC(C)C(N)C(=O)c1cccc(OC)c1F. The van der Waals surface area contributed by atoms with E-state index >= 15 is 0 Å². The van der Waals surface area contributed by atoms with Gasteiger partial charge in [0.25, 0.3) is 0 Å². The molecule has 2 N–H and O–H groups in total. The summed E-state index contributed by atoms with van der Waals surface area (Å²) in [5.41, 5.74) is 5.80. The van der Waals surface area contributed by atoms with Crippen molar-refractivity contribution in [3.05, 3.63) is 29.6 Å². The van der Waals surface area contributed by atoms with Crippen molar-refractivity contribution in [3.8, 4) is 5.75 Å². The van der Waals surface area contributed by atoms with Crippen LogP contribution in [0.5, 0.6) is 5.75 Å². The average molecular weight is 239 g/mol. The lowest BCUT2D eigenvalue weighted by Gasteiger charge is -2.17. The number of ether oxygens (including phenoxy) is 1. The van der Waals surface area contributed by atoms with Crippen LogP contribution in [0, 0.1) is 11.7 Å². The highest BCUT2D eigenvalue weighted by molar-refractivity contribution is 6.00. The van der Waals surface area contributed by atoms with Crippen LogP contribution in [-0.2, 0) is 0 Å². The summed E-state index contributed by atoms with van der Waals surface area (Å²) in [6, 6.07) is 3.81. The molecule has 0 heterocycles. The Bertz CT molecular complexity index is 406. The molecule has 0 amide bonds. The Labute approximate surface area is 101 Å². The first kappa shape index (κ1) is 13.6. The maximum Gasteiger partial charge on any atom is 0.182 e. The molecule has 0 bridgehead atoms. The average Bonchev–Trinajstić information content (AvgIpc) is 2.36. The molecule has 0 aliphatic heterocycles. The molecular weight excluding hydrogens is 221 g/mol. The topological polar surface area (TPSA) is 52.3 Å². The van der Waals surface area contributed by atoms with Crippen LogP contribution >= 0.6 is 0 Å². The molecule has 0 aromatic heterocycles. The van der Waals surface area contributed by atoms with Gasteiger partial charge >= 0.3 is 0 Å². The predicted octanol–water partition coefficient (Wildman–Crippen LogP) is 2.39. The van der Waals surface area contributed by atoms with Gasteiger partial charge in [-0.3, -0.25) is 4.79 Å². The number of rotatable bonds is 5.